The molecule has 168 valence electrons. The number of amides is 1. The molecule has 1 aromatic carbocycles. The number of piperidine rings is 1. The number of sulfonamides is 1. The maximum atomic E-state index is 13.0. The molecule has 1 unspecified atom stereocenters. The highest BCUT2D eigenvalue weighted by atomic mass is 35.5. The average Bonchev–Trinajstić information content (AvgIpc) is 2.67. The molecule has 0 bridgehead atoms. The molecule has 1 aliphatic rings. The van der Waals surface area contributed by atoms with Crippen molar-refractivity contribution in [3.05, 3.63) is 23.2 Å². The van der Waals surface area contributed by atoms with Gasteiger partial charge in [-0.1, -0.05) is 25.4 Å². The van der Waals surface area contributed by atoms with Crippen LogP contribution in [-0.2, 0) is 19.6 Å². The lowest BCUT2D eigenvalue weighted by Crippen LogP contribution is -2.45. The Balaban J connectivity index is 1.97. The molecule has 1 amide bonds. The van der Waals surface area contributed by atoms with E-state index in [1.807, 2.05) is 13.8 Å². The summed E-state index contributed by atoms with van der Waals surface area (Å²) in [5.41, 5.74) is 0. The van der Waals surface area contributed by atoms with E-state index in [2.05, 4.69) is 5.32 Å². The Morgan fingerprint density at radius 3 is 2.47 bits per heavy atom. The minimum atomic E-state index is -3.83. The molecular weight excluding hydrogens is 436 g/mol. The van der Waals surface area contributed by atoms with Crippen LogP contribution in [0.15, 0.2) is 23.1 Å². The number of nitrogens with zero attached hydrogens (tertiary/aromatic N) is 1. The molecule has 1 aliphatic heterocycles. The Hall–Kier alpha value is -2.04. The highest BCUT2D eigenvalue weighted by Gasteiger charge is 2.33. The summed E-state index contributed by atoms with van der Waals surface area (Å²) in [6.07, 6.45) is -0.468. The van der Waals surface area contributed by atoms with Crippen molar-refractivity contribution >= 4 is 33.7 Å². The summed E-state index contributed by atoms with van der Waals surface area (Å²) in [5.74, 6) is -0.845. The summed E-state index contributed by atoms with van der Waals surface area (Å²) < 4.78 is 37.7. The van der Waals surface area contributed by atoms with Gasteiger partial charge in [-0.05, 0) is 43.4 Å². The van der Waals surface area contributed by atoms with Gasteiger partial charge in [0.05, 0.1) is 7.11 Å². The molecule has 9 nitrogen and oxygen atoms in total. The first kappa shape index (κ1) is 24.2. The molecule has 1 fully saturated rings. The van der Waals surface area contributed by atoms with Crippen LogP contribution in [0.25, 0.3) is 0 Å². The number of carboxylic acid groups (broad SMARTS) is 1. The highest BCUT2D eigenvalue weighted by molar-refractivity contribution is 7.89. The SMILES string of the molecule is COc1ccc(Cl)cc1S(=O)(=O)N1CCC(OC(=O)NC(CC(C)C)C(=O)O)CC1. The molecule has 0 saturated carbocycles. The average molecular weight is 463 g/mol. The third kappa shape index (κ3) is 6.23. The number of halogens is 1. The maximum absolute atomic E-state index is 13.0. The molecule has 0 aromatic heterocycles. The Morgan fingerprint density at radius 2 is 1.93 bits per heavy atom. The van der Waals surface area contributed by atoms with Crippen molar-refractivity contribution in [2.24, 2.45) is 5.92 Å². The zero-order valence-electron chi connectivity index (χ0n) is 17.1. The molecule has 2 N–H and O–H groups in total. The number of hydrogen-bond donors (Lipinski definition) is 2. The predicted octanol–water partition coefficient (Wildman–Crippen LogP) is 2.73. The van der Waals surface area contributed by atoms with Crippen LogP contribution < -0.4 is 10.1 Å². The van der Waals surface area contributed by atoms with E-state index in [1.165, 1.54) is 23.5 Å². The van der Waals surface area contributed by atoms with Crippen LogP contribution in [0.5, 0.6) is 5.75 Å². The zero-order chi connectivity index (χ0) is 22.5. The largest absolute Gasteiger partial charge is 0.495 e. The van der Waals surface area contributed by atoms with Gasteiger partial charge in [-0.15, -0.1) is 0 Å². The Bertz CT molecular complexity index is 868. The summed E-state index contributed by atoms with van der Waals surface area (Å²) >= 11 is 5.95. The third-order valence-electron chi connectivity index (χ3n) is 4.72. The van der Waals surface area contributed by atoms with Gasteiger partial charge in [-0.3, -0.25) is 0 Å². The zero-order valence-corrected chi connectivity index (χ0v) is 18.7. The lowest BCUT2D eigenvalue weighted by atomic mass is 10.0. The van der Waals surface area contributed by atoms with Crippen molar-refractivity contribution in [3.8, 4) is 5.75 Å². The molecule has 0 aliphatic carbocycles. The topological polar surface area (TPSA) is 122 Å². The standard InChI is InChI=1S/C19H27ClN2O7S/c1-12(2)10-15(18(23)24)21-19(25)29-14-6-8-22(9-7-14)30(26,27)17-11-13(20)4-5-16(17)28-3/h4-5,11-12,14-15H,6-10H2,1-3H3,(H,21,25)(H,23,24). The lowest BCUT2D eigenvalue weighted by molar-refractivity contribution is -0.139. The Morgan fingerprint density at radius 1 is 1.30 bits per heavy atom. The molecular formula is C19H27ClN2O7S. The summed E-state index contributed by atoms with van der Waals surface area (Å²) in [5, 5.41) is 11.8. The van der Waals surface area contributed by atoms with E-state index in [-0.39, 0.29) is 53.9 Å². The summed E-state index contributed by atoms with van der Waals surface area (Å²) in [4.78, 5) is 23.3. The number of carboxylic acids is 1. The second kappa shape index (κ2) is 10.3. The van der Waals surface area contributed by atoms with E-state index < -0.39 is 34.2 Å². The number of alkyl carbamates (subject to hydrolysis) is 1. The van der Waals surface area contributed by atoms with E-state index in [4.69, 9.17) is 21.1 Å². The van der Waals surface area contributed by atoms with Gasteiger partial charge in [-0.2, -0.15) is 4.31 Å². The molecule has 11 heteroatoms. The fraction of sp³-hybridized carbons (Fsp3) is 0.579. The van der Waals surface area contributed by atoms with Crippen LogP contribution in [0.1, 0.15) is 33.1 Å². The molecule has 1 heterocycles. The summed E-state index contributed by atoms with van der Waals surface area (Å²) in [7, 11) is -2.45. The van der Waals surface area contributed by atoms with Gasteiger partial charge in [0.2, 0.25) is 10.0 Å². The van der Waals surface area contributed by atoms with Crippen molar-refractivity contribution in [2.75, 3.05) is 20.2 Å². The molecule has 2 rings (SSSR count). The first-order chi connectivity index (χ1) is 14.0. The maximum Gasteiger partial charge on any atom is 0.408 e. The molecule has 1 saturated heterocycles. The van der Waals surface area contributed by atoms with Crippen molar-refractivity contribution in [2.45, 2.75) is 50.2 Å². The number of carbonyl (C=O) groups excluding carboxylic acids is 1. The van der Waals surface area contributed by atoms with E-state index in [1.54, 1.807) is 6.07 Å². The number of rotatable bonds is 8. The van der Waals surface area contributed by atoms with E-state index in [9.17, 15) is 23.1 Å². The van der Waals surface area contributed by atoms with Crippen LogP contribution in [0.3, 0.4) is 0 Å². The van der Waals surface area contributed by atoms with Crippen molar-refractivity contribution < 1.29 is 32.6 Å². The third-order valence-corrected chi connectivity index (χ3v) is 6.87. The number of methoxy groups -OCH3 is 1. The molecule has 1 atom stereocenters. The monoisotopic (exact) mass is 462 g/mol. The van der Waals surface area contributed by atoms with Gasteiger partial charge in [0.1, 0.15) is 22.8 Å². The molecule has 0 spiro atoms. The first-order valence-corrected chi connectivity index (χ1v) is 11.4. The number of nitrogens with one attached hydrogen (secondary N) is 1. The minimum Gasteiger partial charge on any atom is -0.495 e. The Kier molecular flexibility index (Phi) is 8.34. The lowest BCUT2D eigenvalue weighted by Gasteiger charge is -2.31. The summed E-state index contributed by atoms with van der Waals surface area (Å²) in [6.45, 7) is 4.00. The van der Waals surface area contributed by atoms with E-state index >= 15 is 0 Å². The van der Waals surface area contributed by atoms with Crippen LogP contribution in [0.4, 0.5) is 4.79 Å². The van der Waals surface area contributed by atoms with Crippen molar-refractivity contribution in [3.63, 3.8) is 0 Å². The summed E-state index contributed by atoms with van der Waals surface area (Å²) in [6, 6.07) is 3.34. The van der Waals surface area contributed by atoms with E-state index in [0.29, 0.717) is 0 Å². The van der Waals surface area contributed by atoms with Gasteiger partial charge >= 0.3 is 12.1 Å². The van der Waals surface area contributed by atoms with Crippen LogP contribution in [0.2, 0.25) is 5.02 Å². The van der Waals surface area contributed by atoms with Gasteiger partial charge in [0.25, 0.3) is 0 Å². The fourth-order valence-electron chi connectivity index (χ4n) is 3.20. The number of carbonyl (C=O) groups is 2. The second-order valence-corrected chi connectivity index (χ2v) is 9.81. The van der Waals surface area contributed by atoms with Crippen LogP contribution >= 0.6 is 11.6 Å². The second-order valence-electron chi connectivity index (χ2n) is 7.47. The first-order valence-electron chi connectivity index (χ1n) is 9.58. The number of ether oxygens (including phenoxy) is 2. The normalized spacial score (nSPS) is 16.8. The molecule has 1 aromatic rings. The van der Waals surface area contributed by atoms with Crippen molar-refractivity contribution in [1.29, 1.82) is 0 Å². The highest BCUT2D eigenvalue weighted by Crippen LogP contribution is 2.31. The minimum absolute atomic E-state index is 0.0207. The van der Waals surface area contributed by atoms with Gasteiger partial charge in [-0.25, -0.2) is 18.0 Å². The number of hydrogen-bond acceptors (Lipinski definition) is 6. The molecule has 30 heavy (non-hydrogen) atoms. The van der Waals surface area contributed by atoms with Gasteiger partial charge in [0.15, 0.2) is 0 Å². The van der Waals surface area contributed by atoms with Gasteiger partial charge < -0.3 is 19.9 Å². The number of benzene rings is 1. The molecule has 0 radical (unpaired) electrons. The number of aliphatic carboxylic acids is 1. The predicted molar refractivity (Wildman–Crippen MR) is 110 cm³/mol. The smallest absolute Gasteiger partial charge is 0.408 e. The Labute approximate surface area is 181 Å². The van der Waals surface area contributed by atoms with Crippen LogP contribution in [-0.4, -0.2) is 62.2 Å². The van der Waals surface area contributed by atoms with Crippen LogP contribution in [0, 0.1) is 5.92 Å². The van der Waals surface area contributed by atoms with E-state index in [0.717, 1.165) is 0 Å². The fourth-order valence-corrected chi connectivity index (χ4v) is 5.09. The van der Waals surface area contributed by atoms with Gasteiger partial charge in [0, 0.05) is 18.1 Å². The quantitative estimate of drug-likeness (QED) is 0.608. The van der Waals surface area contributed by atoms with Crippen molar-refractivity contribution in [1.82, 2.24) is 9.62 Å².